The van der Waals surface area contributed by atoms with E-state index in [4.69, 9.17) is 5.41 Å². The van der Waals surface area contributed by atoms with Crippen molar-refractivity contribution in [2.24, 2.45) is 5.92 Å². The van der Waals surface area contributed by atoms with Gasteiger partial charge in [-0.2, -0.15) is 5.10 Å². The van der Waals surface area contributed by atoms with Crippen LogP contribution in [0, 0.1) is 11.3 Å². The molecule has 0 saturated carbocycles. The van der Waals surface area contributed by atoms with Crippen molar-refractivity contribution >= 4 is 23.3 Å². The first kappa shape index (κ1) is 22.0. The summed E-state index contributed by atoms with van der Waals surface area (Å²) in [5.41, 5.74) is 3.71. The average molecular weight is 443 g/mol. The standard InChI is InChI=1S/C25H26N6O2/c1-2-27-24(33)20-11-9-19(10-12-20)22-14-13-21(18-7-4-3-5-8-18)30(22)17-23(32)29-25(26)31-16-6-15-28-31/h3-11,13-16,20H,2,12,17H2,1H3,(H,27,33)(H2,26,29,32). The average Bonchev–Trinajstić information content (AvgIpc) is 3.51. The van der Waals surface area contributed by atoms with E-state index < -0.39 is 0 Å². The molecule has 1 aromatic carbocycles. The van der Waals surface area contributed by atoms with E-state index in [1.165, 1.54) is 4.68 Å². The first-order valence-corrected chi connectivity index (χ1v) is 10.9. The fourth-order valence-corrected chi connectivity index (χ4v) is 3.83. The number of nitrogens with one attached hydrogen (secondary N) is 3. The van der Waals surface area contributed by atoms with Gasteiger partial charge < -0.3 is 9.88 Å². The largest absolute Gasteiger partial charge is 0.356 e. The maximum absolute atomic E-state index is 12.8. The third kappa shape index (κ3) is 5.01. The quantitative estimate of drug-likeness (QED) is 0.404. The highest BCUT2D eigenvalue weighted by molar-refractivity contribution is 5.96. The molecule has 0 radical (unpaired) electrons. The predicted octanol–water partition coefficient (Wildman–Crippen LogP) is 3.05. The van der Waals surface area contributed by atoms with Gasteiger partial charge in [0.2, 0.25) is 17.8 Å². The van der Waals surface area contributed by atoms with E-state index in [1.807, 2.05) is 72.2 Å². The summed E-state index contributed by atoms with van der Waals surface area (Å²) in [6.07, 6.45) is 9.63. The van der Waals surface area contributed by atoms with E-state index in [-0.39, 0.29) is 30.2 Å². The molecule has 2 amide bonds. The zero-order valence-electron chi connectivity index (χ0n) is 18.4. The molecule has 1 aliphatic rings. The minimum atomic E-state index is -0.328. The molecular weight excluding hydrogens is 416 g/mol. The number of rotatable bonds is 6. The Morgan fingerprint density at radius 3 is 2.58 bits per heavy atom. The third-order valence-electron chi connectivity index (χ3n) is 5.43. The van der Waals surface area contributed by atoms with Crippen LogP contribution in [0.1, 0.15) is 19.0 Å². The van der Waals surface area contributed by atoms with Crippen LogP contribution in [-0.4, -0.2) is 38.7 Å². The summed E-state index contributed by atoms with van der Waals surface area (Å²) in [6.45, 7) is 2.54. The molecule has 1 unspecified atom stereocenters. The lowest BCUT2D eigenvalue weighted by molar-refractivity contribution is -0.123. The summed E-state index contributed by atoms with van der Waals surface area (Å²) in [6, 6.07) is 15.5. The predicted molar refractivity (Wildman–Crippen MR) is 127 cm³/mol. The Morgan fingerprint density at radius 1 is 1.12 bits per heavy atom. The highest BCUT2D eigenvalue weighted by Crippen LogP contribution is 2.30. The Labute approximate surface area is 192 Å². The number of benzene rings is 1. The summed E-state index contributed by atoms with van der Waals surface area (Å²) in [4.78, 5) is 25.0. The molecule has 168 valence electrons. The summed E-state index contributed by atoms with van der Waals surface area (Å²) >= 11 is 0. The normalized spacial score (nSPS) is 15.1. The molecule has 1 aliphatic carbocycles. The van der Waals surface area contributed by atoms with Gasteiger partial charge in [-0.15, -0.1) is 0 Å². The number of hydrogen-bond acceptors (Lipinski definition) is 4. The smallest absolute Gasteiger partial charge is 0.246 e. The van der Waals surface area contributed by atoms with Gasteiger partial charge in [-0.05, 0) is 42.7 Å². The van der Waals surface area contributed by atoms with Crippen LogP contribution < -0.4 is 10.6 Å². The first-order valence-electron chi connectivity index (χ1n) is 10.9. The summed E-state index contributed by atoms with van der Waals surface area (Å²) < 4.78 is 3.23. The van der Waals surface area contributed by atoms with Gasteiger partial charge in [0.1, 0.15) is 6.54 Å². The van der Waals surface area contributed by atoms with Crippen LogP contribution in [-0.2, 0) is 16.1 Å². The molecule has 33 heavy (non-hydrogen) atoms. The van der Waals surface area contributed by atoms with Crippen molar-refractivity contribution in [3.63, 3.8) is 0 Å². The summed E-state index contributed by atoms with van der Waals surface area (Å²) in [7, 11) is 0. The molecule has 0 saturated heterocycles. The molecule has 4 rings (SSSR count). The van der Waals surface area contributed by atoms with Crippen molar-refractivity contribution in [3.8, 4) is 11.3 Å². The number of hydrogen-bond donors (Lipinski definition) is 3. The van der Waals surface area contributed by atoms with Crippen molar-refractivity contribution in [1.29, 1.82) is 5.41 Å². The second-order valence-electron chi connectivity index (χ2n) is 7.66. The maximum atomic E-state index is 12.8. The number of carbonyl (C=O) groups is 2. The van der Waals surface area contributed by atoms with Gasteiger partial charge in [-0.1, -0.05) is 48.6 Å². The van der Waals surface area contributed by atoms with Crippen LogP contribution in [0.2, 0.25) is 0 Å². The Balaban J connectivity index is 1.60. The first-order chi connectivity index (χ1) is 16.1. The van der Waals surface area contributed by atoms with E-state index in [1.54, 1.807) is 18.5 Å². The molecule has 2 aromatic heterocycles. The van der Waals surface area contributed by atoms with Crippen LogP contribution in [0.4, 0.5) is 0 Å². The molecule has 3 aromatic rings. The minimum absolute atomic E-state index is 0.0147. The van der Waals surface area contributed by atoms with Crippen molar-refractivity contribution in [3.05, 3.63) is 84.8 Å². The highest BCUT2D eigenvalue weighted by atomic mass is 16.2. The Bertz CT molecular complexity index is 1210. The molecule has 0 bridgehead atoms. The Morgan fingerprint density at radius 2 is 1.91 bits per heavy atom. The van der Waals surface area contributed by atoms with Gasteiger partial charge in [0, 0.05) is 30.3 Å². The molecule has 8 nitrogen and oxygen atoms in total. The number of carbonyl (C=O) groups excluding carboxylic acids is 2. The zero-order chi connectivity index (χ0) is 23.2. The van der Waals surface area contributed by atoms with Gasteiger partial charge >= 0.3 is 0 Å². The molecule has 3 N–H and O–H groups in total. The van der Waals surface area contributed by atoms with Crippen molar-refractivity contribution < 1.29 is 9.59 Å². The third-order valence-corrected chi connectivity index (χ3v) is 5.43. The number of amides is 2. The van der Waals surface area contributed by atoms with E-state index in [2.05, 4.69) is 15.7 Å². The van der Waals surface area contributed by atoms with Crippen LogP contribution in [0.25, 0.3) is 16.8 Å². The van der Waals surface area contributed by atoms with Crippen LogP contribution >= 0.6 is 0 Å². The monoisotopic (exact) mass is 442 g/mol. The Hall–Kier alpha value is -4.20. The molecule has 0 spiro atoms. The molecule has 8 heteroatoms. The van der Waals surface area contributed by atoms with Crippen molar-refractivity contribution in [1.82, 2.24) is 25.0 Å². The van der Waals surface area contributed by atoms with Crippen LogP contribution in [0.15, 0.2) is 79.2 Å². The molecule has 1 atom stereocenters. The molecule has 0 fully saturated rings. The van der Waals surface area contributed by atoms with E-state index >= 15 is 0 Å². The lowest BCUT2D eigenvalue weighted by atomic mass is 9.94. The topological polar surface area (TPSA) is 105 Å². The second-order valence-corrected chi connectivity index (χ2v) is 7.66. The molecular formula is C25H26N6O2. The van der Waals surface area contributed by atoms with Gasteiger partial charge in [0.05, 0.1) is 5.92 Å². The molecule has 2 heterocycles. The minimum Gasteiger partial charge on any atom is -0.356 e. The summed E-state index contributed by atoms with van der Waals surface area (Å²) in [5.74, 6) is -0.614. The Kier molecular flexibility index (Phi) is 6.64. The zero-order valence-corrected chi connectivity index (χ0v) is 18.4. The summed E-state index contributed by atoms with van der Waals surface area (Å²) in [5, 5.41) is 17.5. The fourth-order valence-electron chi connectivity index (χ4n) is 3.83. The van der Waals surface area contributed by atoms with Gasteiger partial charge in [0.15, 0.2) is 0 Å². The van der Waals surface area contributed by atoms with E-state index in [0.29, 0.717) is 13.0 Å². The number of nitrogens with zero attached hydrogens (tertiary/aromatic N) is 3. The van der Waals surface area contributed by atoms with Crippen LogP contribution in [0.3, 0.4) is 0 Å². The molecule has 0 aliphatic heterocycles. The number of allylic oxidation sites excluding steroid dienone is 3. The van der Waals surface area contributed by atoms with Gasteiger partial charge in [0.25, 0.3) is 0 Å². The van der Waals surface area contributed by atoms with Crippen molar-refractivity contribution in [2.45, 2.75) is 19.9 Å². The number of aromatic nitrogens is 3. The van der Waals surface area contributed by atoms with Gasteiger partial charge in [-0.25, -0.2) is 4.68 Å². The maximum Gasteiger partial charge on any atom is 0.246 e. The van der Waals surface area contributed by atoms with Crippen LogP contribution in [0.5, 0.6) is 0 Å². The SMILES string of the molecule is CCNC(=O)C1C=CC(c2ccc(-c3ccccc3)n2CC(=O)NC(=N)n2cccn2)=CC1. The van der Waals surface area contributed by atoms with E-state index in [0.717, 1.165) is 22.5 Å². The van der Waals surface area contributed by atoms with Crippen molar-refractivity contribution in [2.75, 3.05) is 6.54 Å². The lowest BCUT2D eigenvalue weighted by Gasteiger charge is -2.18. The lowest BCUT2D eigenvalue weighted by Crippen LogP contribution is -2.37. The van der Waals surface area contributed by atoms with E-state index in [9.17, 15) is 9.59 Å². The van der Waals surface area contributed by atoms with Gasteiger partial charge in [-0.3, -0.25) is 20.3 Å². The second kappa shape index (κ2) is 9.95. The highest BCUT2D eigenvalue weighted by Gasteiger charge is 2.20. The fraction of sp³-hybridized carbons (Fsp3) is 0.200.